The molecule has 2 rings (SSSR count). The van der Waals surface area contributed by atoms with Crippen molar-refractivity contribution >= 4 is 53.2 Å². The highest BCUT2D eigenvalue weighted by atomic mass is 79.9. The summed E-state index contributed by atoms with van der Waals surface area (Å²) in [4.78, 5) is 0. The van der Waals surface area contributed by atoms with Crippen LogP contribution in [-0.2, 0) is 10.0 Å². The first-order chi connectivity index (χ1) is 7.55. The van der Waals surface area contributed by atoms with E-state index in [1.54, 1.807) is 16.4 Å². The van der Waals surface area contributed by atoms with Gasteiger partial charge in [-0.15, -0.1) is 11.3 Å². The molecule has 0 aliphatic carbocycles. The average Bonchev–Trinajstić information content (AvgIpc) is 2.85. The molecule has 0 N–H and O–H groups in total. The predicted molar refractivity (Wildman–Crippen MR) is 72.7 cm³/mol. The van der Waals surface area contributed by atoms with E-state index in [9.17, 15) is 8.42 Å². The summed E-state index contributed by atoms with van der Waals surface area (Å²) in [5.74, 6) is 0. The van der Waals surface area contributed by atoms with Gasteiger partial charge in [0.25, 0.3) is 10.0 Å². The van der Waals surface area contributed by atoms with Gasteiger partial charge in [0.05, 0.1) is 3.79 Å². The number of hydrogen-bond acceptors (Lipinski definition) is 3. The van der Waals surface area contributed by atoms with Crippen molar-refractivity contribution in [2.75, 3.05) is 11.9 Å². The summed E-state index contributed by atoms with van der Waals surface area (Å²) >= 11 is 7.93. The molecular weight excluding hydrogens is 378 g/mol. The van der Waals surface area contributed by atoms with Gasteiger partial charge < -0.3 is 0 Å². The molecule has 1 unspecified atom stereocenters. The molecule has 1 aromatic heterocycles. The Morgan fingerprint density at radius 2 is 2.25 bits per heavy atom. The van der Waals surface area contributed by atoms with E-state index in [1.807, 2.05) is 0 Å². The van der Waals surface area contributed by atoms with Crippen molar-refractivity contribution in [3.63, 3.8) is 0 Å². The highest BCUT2D eigenvalue weighted by molar-refractivity contribution is 9.11. The number of thiophene rings is 1. The van der Waals surface area contributed by atoms with Gasteiger partial charge in [0.15, 0.2) is 0 Å². The van der Waals surface area contributed by atoms with Gasteiger partial charge in [-0.1, -0.05) is 15.9 Å². The van der Waals surface area contributed by atoms with Crippen molar-refractivity contribution in [2.24, 2.45) is 0 Å². The third-order valence-electron chi connectivity index (χ3n) is 2.61. The maximum Gasteiger partial charge on any atom is 0.252 e. The van der Waals surface area contributed by atoms with E-state index >= 15 is 0 Å². The van der Waals surface area contributed by atoms with E-state index in [-0.39, 0.29) is 6.04 Å². The molecule has 0 amide bonds. The van der Waals surface area contributed by atoms with Gasteiger partial charge in [-0.25, -0.2) is 8.42 Å². The molecule has 0 saturated carbocycles. The average molecular weight is 389 g/mol. The second-order valence-electron chi connectivity index (χ2n) is 3.62. The minimum absolute atomic E-state index is 0.103. The Hall–Kier alpha value is 0.570. The zero-order chi connectivity index (χ0) is 11.8. The topological polar surface area (TPSA) is 37.4 Å². The normalized spacial score (nSPS) is 22.8. The van der Waals surface area contributed by atoms with Crippen LogP contribution in [0.1, 0.15) is 12.8 Å². The molecule has 0 spiro atoms. The summed E-state index contributed by atoms with van der Waals surface area (Å²) in [5.41, 5.74) is 0. The molecule has 2 heterocycles. The second kappa shape index (κ2) is 5.06. The molecular formula is C9H11Br2NO2S2. The molecule has 1 aromatic rings. The second-order valence-corrected chi connectivity index (χ2v) is 8.85. The zero-order valence-corrected chi connectivity index (χ0v) is 13.2. The van der Waals surface area contributed by atoms with Gasteiger partial charge in [0.1, 0.15) is 4.21 Å². The van der Waals surface area contributed by atoms with Gasteiger partial charge in [-0.05, 0) is 40.9 Å². The van der Waals surface area contributed by atoms with E-state index in [2.05, 4.69) is 31.9 Å². The summed E-state index contributed by atoms with van der Waals surface area (Å²) < 4.78 is 27.5. The Bertz CT molecular complexity index is 472. The van der Waals surface area contributed by atoms with Crippen LogP contribution in [0.5, 0.6) is 0 Å². The predicted octanol–water partition coefficient (Wildman–Crippen LogP) is 3.06. The fourth-order valence-corrected chi connectivity index (χ4v) is 6.53. The smallest absolute Gasteiger partial charge is 0.206 e. The SMILES string of the molecule is O=S(=O)(c1ccc(Br)s1)N1CCCC1CBr. The van der Waals surface area contributed by atoms with Crippen molar-refractivity contribution in [1.82, 2.24) is 4.31 Å². The van der Waals surface area contributed by atoms with Crippen LogP contribution in [0.15, 0.2) is 20.1 Å². The van der Waals surface area contributed by atoms with Gasteiger partial charge in [-0.2, -0.15) is 4.31 Å². The van der Waals surface area contributed by atoms with Gasteiger partial charge in [-0.3, -0.25) is 0 Å². The summed E-state index contributed by atoms with van der Waals surface area (Å²) in [5, 5.41) is 0.707. The first kappa shape index (κ1) is 13.0. The van der Waals surface area contributed by atoms with Crippen LogP contribution in [0.3, 0.4) is 0 Å². The maximum atomic E-state index is 12.3. The molecule has 7 heteroatoms. The van der Waals surface area contributed by atoms with Crippen LogP contribution in [0.25, 0.3) is 0 Å². The molecule has 90 valence electrons. The summed E-state index contributed by atoms with van der Waals surface area (Å²) in [6, 6.07) is 3.54. The van der Waals surface area contributed by atoms with Crippen molar-refractivity contribution in [2.45, 2.75) is 23.1 Å². The Kier molecular flexibility index (Phi) is 4.11. The zero-order valence-electron chi connectivity index (χ0n) is 8.40. The molecule has 0 bridgehead atoms. The lowest BCUT2D eigenvalue weighted by atomic mass is 10.3. The maximum absolute atomic E-state index is 12.3. The van der Waals surface area contributed by atoms with E-state index in [0.717, 1.165) is 16.6 Å². The number of sulfonamides is 1. The van der Waals surface area contributed by atoms with E-state index in [1.165, 1.54) is 11.3 Å². The largest absolute Gasteiger partial charge is 0.252 e. The molecule has 3 nitrogen and oxygen atoms in total. The minimum atomic E-state index is -3.29. The standard InChI is InChI=1S/C9H11Br2NO2S2/c10-6-7-2-1-5-12(7)16(13,14)9-4-3-8(11)15-9/h3-4,7H,1-2,5-6H2. The molecule has 1 fully saturated rings. The Labute approximate surface area is 116 Å². The van der Waals surface area contributed by atoms with Crippen molar-refractivity contribution in [3.05, 3.63) is 15.9 Å². The number of nitrogens with zero attached hydrogens (tertiary/aromatic N) is 1. The van der Waals surface area contributed by atoms with Crippen LogP contribution in [-0.4, -0.2) is 30.6 Å². The molecule has 1 aliphatic heterocycles. The van der Waals surface area contributed by atoms with Crippen LogP contribution in [0.4, 0.5) is 0 Å². The highest BCUT2D eigenvalue weighted by Crippen LogP contribution is 2.32. The molecule has 0 aromatic carbocycles. The van der Waals surface area contributed by atoms with Crippen LogP contribution < -0.4 is 0 Å². The van der Waals surface area contributed by atoms with Gasteiger partial charge >= 0.3 is 0 Å². The van der Waals surface area contributed by atoms with Crippen LogP contribution in [0, 0.1) is 0 Å². The monoisotopic (exact) mass is 387 g/mol. The number of rotatable bonds is 3. The first-order valence-corrected chi connectivity index (χ1v) is 9.06. The Morgan fingerprint density at radius 3 is 2.81 bits per heavy atom. The van der Waals surface area contributed by atoms with E-state index < -0.39 is 10.0 Å². The Balaban J connectivity index is 2.32. The first-order valence-electron chi connectivity index (χ1n) is 4.89. The lowest BCUT2D eigenvalue weighted by Gasteiger charge is -2.21. The Morgan fingerprint density at radius 1 is 1.50 bits per heavy atom. The van der Waals surface area contributed by atoms with Crippen molar-refractivity contribution < 1.29 is 8.42 Å². The number of halogens is 2. The van der Waals surface area contributed by atoms with Crippen molar-refractivity contribution in [3.8, 4) is 0 Å². The number of alkyl halides is 1. The lowest BCUT2D eigenvalue weighted by Crippen LogP contribution is -2.36. The number of hydrogen-bond donors (Lipinski definition) is 0. The fourth-order valence-electron chi connectivity index (χ4n) is 1.83. The molecule has 0 radical (unpaired) electrons. The third kappa shape index (κ3) is 2.38. The lowest BCUT2D eigenvalue weighted by molar-refractivity contribution is 0.415. The molecule has 1 aliphatic rings. The van der Waals surface area contributed by atoms with E-state index in [4.69, 9.17) is 0 Å². The quantitative estimate of drug-likeness (QED) is 0.746. The van der Waals surface area contributed by atoms with E-state index in [0.29, 0.717) is 16.1 Å². The molecule has 1 atom stereocenters. The third-order valence-corrected chi connectivity index (χ3v) is 7.40. The molecule has 1 saturated heterocycles. The van der Waals surface area contributed by atoms with Gasteiger partial charge in [0, 0.05) is 17.9 Å². The summed E-state index contributed by atoms with van der Waals surface area (Å²) in [7, 11) is -3.29. The minimum Gasteiger partial charge on any atom is -0.206 e. The van der Waals surface area contributed by atoms with Crippen LogP contribution in [0.2, 0.25) is 0 Å². The fraction of sp³-hybridized carbons (Fsp3) is 0.556. The molecule has 16 heavy (non-hydrogen) atoms. The van der Waals surface area contributed by atoms with Gasteiger partial charge in [0.2, 0.25) is 0 Å². The van der Waals surface area contributed by atoms with Crippen LogP contribution >= 0.6 is 43.2 Å². The summed E-state index contributed by atoms with van der Waals surface area (Å²) in [6.45, 7) is 0.633. The highest BCUT2D eigenvalue weighted by Gasteiger charge is 2.35. The van der Waals surface area contributed by atoms with Crippen molar-refractivity contribution in [1.29, 1.82) is 0 Å². The summed E-state index contributed by atoms with van der Waals surface area (Å²) in [6.07, 6.45) is 1.89.